The van der Waals surface area contributed by atoms with Gasteiger partial charge in [0, 0.05) is 12.1 Å². The fourth-order valence-electron chi connectivity index (χ4n) is 2.38. The molecule has 0 aromatic carbocycles. The molecule has 1 aliphatic carbocycles. The largest absolute Gasteiger partial charge is 0.473 e. The monoisotopic (exact) mass is 277 g/mol. The molecule has 4 heteroatoms. The van der Waals surface area contributed by atoms with Crippen molar-refractivity contribution in [3.8, 4) is 5.88 Å². The van der Waals surface area contributed by atoms with Crippen LogP contribution in [0.25, 0.3) is 0 Å². The van der Waals surface area contributed by atoms with E-state index >= 15 is 0 Å². The van der Waals surface area contributed by atoms with Gasteiger partial charge < -0.3 is 10.1 Å². The molecule has 0 amide bonds. The van der Waals surface area contributed by atoms with E-state index in [0.717, 1.165) is 25.1 Å². The molecule has 1 N–H and O–H groups in total. The van der Waals surface area contributed by atoms with Gasteiger partial charge in [0.2, 0.25) is 5.88 Å². The van der Waals surface area contributed by atoms with E-state index in [1.54, 1.807) is 6.20 Å². The lowest BCUT2D eigenvalue weighted by atomic mass is 10.1. The maximum atomic E-state index is 5.94. The van der Waals surface area contributed by atoms with Crippen molar-refractivity contribution in [2.24, 2.45) is 0 Å². The molecule has 1 aromatic heterocycles. The topological polar surface area (TPSA) is 47.0 Å². The zero-order chi connectivity index (χ0) is 14.4. The predicted molar refractivity (Wildman–Crippen MR) is 80.7 cm³/mol. The normalized spacial score (nSPS) is 17.8. The molecule has 2 rings (SSSR count). The number of nitrogens with one attached hydrogen (secondary N) is 1. The second-order valence-corrected chi connectivity index (χ2v) is 6.68. The Morgan fingerprint density at radius 1 is 1.10 bits per heavy atom. The lowest BCUT2D eigenvalue weighted by molar-refractivity contribution is 0.175. The van der Waals surface area contributed by atoms with Gasteiger partial charge in [0.1, 0.15) is 6.10 Å². The first kappa shape index (κ1) is 15.2. The fourth-order valence-corrected chi connectivity index (χ4v) is 2.38. The number of hydrogen-bond acceptors (Lipinski definition) is 4. The van der Waals surface area contributed by atoms with Crippen LogP contribution < -0.4 is 10.1 Å². The molecule has 1 aliphatic rings. The lowest BCUT2D eigenvalue weighted by Crippen LogP contribution is -2.35. The van der Waals surface area contributed by atoms with E-state index in [0.29, 0.717) is 12.0 Å². The van der Waals surface area contributed by atoms with Crippen LogP contribution in [-0.2, 0) is 6.54 Å². The standard InChI is InChI=1S/C16H27N3O/c1-16(2,3)19-11-13-10-18-15(12-17-13)20-14-8-6-4-5-7-9-14/h10,12,14,19H,4-9,11H2,1-3H3. The molecular weight excluding hydrogens is 250 g/mol. The number of rotatable bonds is 4. The minimum atomic E-state index is 0.0944. The van der Waals surface area contributed by atoms with Crippen LogP contribution in [0.1, 0.15) is 65.0 Å². The first-order chi connectivity index (χ1) is 9.53. The Labute approximate surface area is 122 Å². The van der Waals surface area contributed by atoms with Crippen molar-refractivity contribution in [1.82, 2.24) is 15.3 Å². The third kappa shape index (κ3) is 5.45. The molecule has 0 unspecified atom stereocenters. The van der Waals surface area contributed by atoms with Crippen molar-refractivity contribution in [3.63, 3.8) is 0 Å². The average Bonchev–Trinajstić information content (AvgIpc) is 2.66. The summed E-state index contributed by atoms with van der Waals surface area (Å²) in [5, 5.41) is 3.40. The summed E-state index contributed by atoms with van der Waals surface area (Å²) in [6.07, 6.45) is 11.4. The van der Waals surface area contributed by atoms with Gasteiger partial charge in [0.25, 0.3) is 0 Å². The Hall–Kier alpha value is -1.16. The van der Waals surface area contributed by atoms with E-state index in [4.69, 9.17) is 4.74 Å². The third-order valence-corrected chi connectivity index (χ3v) is 3.57. The van der Waals surface area contributed by atoms with Gasteiger partial charge in [-0.15, -0.1) is 0 Å². The summed E-state index contributed by atoms with van der Waals surface area (Å²) >= 11 is 0. The van der Waals surface area contributed by atoms with Gasteiger partial charge in [-0.2, -0.15) is 0 Å². The molecule has 112 valence electrons. The average molecular weight is 277 g/mol. The van der Waals surface area contributed by atoms with Crippen LogP contribution in [0.4, 0.5) is 0 Å². The summed E-state index contributed by atoms with van der Waals surface area (Å²) in [7, 11) is 0. The summed E-state index contributed by atoms with van der Waals surface area (Å²) < 4.78 is 5.94. The molecule has 0 bridgehead atoms. The number of hydrogen-bond donors (Lipinski definition) is 1. The van der Waals surface area contributed by atoms with E-state index in [-0.39, 0.29) is 5.54 Å². The van der Waals surface area contributed by atoms with Crippen molar-refractivity contribution < 1.29 is 4.74 Å². The van der Waals surface area contributed by atoms with Crippen LogP contribution in [-0.4, -0.2) is 21.6 Å². The van der Waals surface area contributed by atoms with Crippen molar-refractivity contribution >= 4 is 0 Å². The van der Waals surface area contributed by atoms with E-state index in [1.165, 1.54) is 25.7 Å². The molecule has 1 saturated carbocycles. The van der Waals surface area contributed by atoms with Gasteiger partial charge in [-0.05, 0) is 46.5 Å². The first-order valence-electron chi connectivity index (χ1n) is 7.75. The van der Waals surface area contributed by atoms with E-state index in [9.17, 15) is 0 Å². The first-order valence-corrected chi connectivity index (χ1v) is 7.75. The minimum Gasteiger partial charge on any atom is -0.473 e. The Morgan fingerprint density at radius 2 is 1.80 bits per heavy atom. The Balaban J connectivity index is 1.84. The van der Waals surface area contributed by atoms with Gasteiger partial charge in [0.15, 0.2) is 0 Å². The highest BCUT2D eigenvalue weighted by Crippen LogP contribution is 2.21. The molecule has 0 saturated heterocycles. The predicted octanol–water partition coefficient (Wildman–Crippen LogP) is 3.47. The summed E-state index contributed by atoms with van der Waals surface area (Å²) in [4.78, 5) is 8.80. The van der Waals surface area contributed by atoms with Crippen LogP contribution in [0.5, 0.6) is 5.88 Å². The minimum absolute atomic E-state index is 0.0944. The van der Waals surface area contributed by atoms with Crippen LogP contribution in [0.3, 0.4) is 0 Å². The molecule has 0 spiro atoms. The third-order valence-electron chi connectivity index (χ3n) is 3.57. The summed E-state index contributed by atoms with van der Waals surface area (Å²) in [5.74, 6) is 0.663. The van der Waals surface area contributed by atoms with Gasteiger partial charge >= 0.3 is 0 Å². The van der Waals surface area contributed by atoms with Crippen LogP contribution in [0.2, 0.25) is 0 Å². The molecule has 0 radical (unpaired) electrons. The number of aromatic nitrogens is 2. The highest BCUT2D eigenvalue weighted by molar-refractivity contribution is 5.08. The highest BCUT2D eigenvalue weighted by Gasteiger charge is 2.14. The van der Waals surface area contributed by atoms with Crippen LogP contribution >= 0.6 is 0 Å². The van der Waals surface area contributed by atoms with Crippen LogP contribution in [0.15, 0.2) is 12.4 Å². The maximum absolute atomic E-state index is 5.94. The number of nitrogens with zero attached hydrogens (tertiary/aromatic N) is 2. The zero-order valence-electron chi connectivity index (χ0n) is 13.0. The van der Waals surface area contributed by atoms with Gasteiger partial charge in [-0.25, -0.2) is 4.98 Å². The van der Waals surface area contributed by atoms with Gasteiger partial charge in [0.05, 0.1) is 18.1 Å². The van der Waals surface area contributed by atoms with Crippen molar-refractivity contribution in [3.05, 3.63) is 18.1 Å². The molecule has 0 aliphatic heterocycles. The summed E-state index contributed by atoms with van der Waals surface area (Å²) in [5.41, 5.74) is 1.05. The zero-order valence-corrected chi connectivity index (χ0v) is 13.0. The van der Waals surface area contributed by atoms with Crippen LogP contribution in [0, 0.1) is 0 Å². The second kappa shape index (κ2) is 7.02. The molecule has 1 fully saturated rings. The fraction of sp³-hybridized carbons (Fsp3) is 0.750. The highest BCUT2D eigenvalue weighted by atomic mass is 16.5. The Bertz CT molecular complexity index is 389. The number of ether oxygens (including phenoxy) is 1. The van der Waals surface area contributed by atoms with Crippen molar-refractivity contribution in [2.45, 2.75) is 77.5 Å². The lowest BCUT2D eigenvalue weighted by Gasteiger charge is -2.20. The maximum Gasteiger partial charge on any atom is 0.232 e. The Kier molecular flexibility index (Phi) is 5.35. The van der Waals surface area contributed by atoms with E-state index in [2.05, 4.69) is 36.1 Å². The quantitative estimate of drug-likeness (QED) is 0.856. The molecule has 1 heterocycles. The summed E-state index contributed by atoms with van der Waals surface area (Å²) in [6, 6.07) is 0. The van der Waals surface area contributed by atoms with E-state index < -0.39 is 0 Å². The second-order valence-electron chi connectivity index (χ2n) is 6.68. The van der Waals surface area contributed by atoms with Gasteiger partial charge in [-0.1, -0.05) is 12.8 Å². The molecule has 4 nitrogen and oxygen atoms in total. The summed E-state index contributed by atoms with van der Waals surface area (Å²) in [6.45, 7) is 7.16. The molecule has 20 heavy (non-hydrogen) atoms. The molecular formula is C16H27N3O. The van der Waals surface area contributed by atoms with Gasteiger partial charge in [-0.3, -0.25) is 4.98 Å². The Morgan fingerprint density at radius 3 is 2.35 bits per heavy atom. The van der Waals surface area contributed by atoms with Crippen molar-refractivity contribution in [2.75, 3.05) is 0 Å². The van der Waals surface area contributed by atoms with E-state index in [1.807, 2.05) is 6.20 Å². The smallest absolute Gasteiger partial charge is 0.232 e. The van der Waals surface area contributed by atoms with Crippen molar-refractivity contribution in [1.29, 1.82) is 0 Å². The molecule has 1 aromatic rings. The SMILES string of the molecule is CC(C)(C)NCc1cnc(OC2CCCCCC2)cn1. The molecule has 0 atom stereocenters.